The summed E-state index contributed by atoms with van der Waals surface area (Å²) in [5.41, 5.74) is 2.73. The van der Waals surface area contributed by atoms with Crippen LogP contribution in [0.2, 0.25) is 0 Å². The van der Waals surface area contributed by atoms with Crippen LogP contribution in [0.4, 0.5) is 4.39 Å². The predicted octanol–water partition coefficient (Wildman–Crippen LogP) is 2.56. The van der Waals surface area contributed by atoms with Crippen LogP contribution in [0.3, 0.4) is 0 Å². The van der Waals surface area contributed by atoms with Crippen LogP contribution in [0.5, 0.6) is 0 Å². The van der Waals surface area contributed by atoms with Gasteiger partial charge in [0.15, 0.2) is 0 Å². The molecule has 7 heteroatoms. The van der Waals surface area contributed by atoms with Crippen LogP contribution in [0.25, 0.3) is 0 Å². The number of halogens is 1. The van der Waals surface area contributed by atoms with Crippen molar-refractivity contribution in [2.45, 2.75) is 12.6 Å². The molecule has 2 fully saturated rings. The Balaban J connectivity index is 1.57. The average molecular weight is 375 g/mol. The fourth-order valence-electron chi connectivity index (χ4n) is 4.39. The lowest BCUT2D eigenvalue weighted by atomic mass is 9.89. The van der Waals surface area contributed by atoms with E-state index < -0.39 is 0 Å². The van der Waals surface area contributed by atoms with Crippen LogP contribution >= 0.6 is 11.3 Å². The highest BCUT2D eigenvalue weighted by molar-refractivity contribution is 7.09. The largest absolute Gasteiger partial charge is 0.375 e. The van der Waals surface area contributed by atoms with Crippen molar-refractivity contribution >= 4 is 17.2 Å². The molecule has 2 saturated heterocycles. The number of fused-ring (bicyclic) bond motifs is 1. The minimum Gasteiger partial charge on any atom is -0.375 e. The van der Waals surface area contributed by atoms with Gasteiger partial charge in [-0.15, -0.1) is 11.3 Å². The molecule has 0 N–H and O–H groups in total. The number of thiazole rings is 1. The lowest BCUT2D eigenvalue weighted by molar-refractivity contribution is -0.136. The molecule has 2 aliphatic rings. The van der Waals surface area contributed by atoms with E-state index in [1.54, 1.807) is 23.5 Å². The highest BCUT2D eigenvalue weighted by atomic mass is 32.1. The van der Waals surface area contributed by atoms with Gasteiger partial charge in [-0.25, -0.2) is 4.39 Å². The highest BCUT2D eigenvalue weighted by Gasteiger charge is 2.48. The number of carbonyl (C=O) groups excluding carboxylic acids is 1. The number of likely N-dealkylation sites (tertiary alicyclic amines) is 2. The fourth-order valence-corrected chi connectivity index (χ4v) is 5.02. The Labute approximate surface area is 156 Å². The molecule has 1 aromatic heterocycles. The molecule has 2 aliphatic heterocycles. The zero-order valence-electron chi connectivity index (χ0n) is 14.7. The summed E-state index contributed by atoms with van der Waals surface area (Å²) in [4.78, 5) is 22.3. The molecule has 0 unspecified atom stereocenters. The Morgan fingerprint density at radius 1 is 1.38 bits per heavy atom. The van der Waals surface area contributed by atoms with E-state index in [4.69, 9.17) is 4.74 Å². The van der Waals surface area contributed by atoms with E-state index in [1.807, 2.05) is 22.7 Å². The number of carbonyl (C=O) groups is 1. The van der Waals surface area contributed by atoms with Crippen molar-refractivity contribution in [3.05, 3.63) is 52.2 Å². The van der Waals surface area contributed by atoms with Crippen LogP contribution in [0.15, 0.2) is 36.0 Å². The van der Waals surface area contributed by atoms with Crippen molar-refractivity contribution in [1.82, 2.24) is 14.8 Å². The second-order valence-corrected chi connectivity index (χ2v) is 8.04. The van der Waals surface area contributed by atoms with Crippen molar-refractivity contribution < 1.29 is 13.9 Å². The number of hydrogen-bond donors (Lipinski definition) is 0. The van der Waals surface area contributed by atoms with E-state index >= 15 is 0 Å². The summed E-state index contributed by atoms with van der Waals surface area (Å²) in [6.07, 6.45) is 1.91. The maximum atomic E-state index is 13.8. The molecule has 0 spiro atoms. The summed E-state index contributed by atoms with van der Waals surface area (Å²) in [5.74, 6) is 0.428. The smallest absolute Gasteiger partial charge is 0.249 e. The van der Waals surface area contributed by atoms with Gasteiger partial charge in [0.2, 0.25) is 5.91 Å². The average Bonchev–Trinajstić information content (AvgIpc) is 3.31. The lowest BCUT2D eigenvalue weighted by Crippen LogP contribution is -2.37. The quantitative estimate of drug-likeness (QED) is 0.806. The first kappa shape index (κ1) is 17.6. The second kappa shape index (κ2) is 7.42. The standard InChI is InChI=1S/C19H22FN3O2S/c1-25-11-18(24)23-8-14-7-22(9-16-6-21-12-26-16)10-17(14)19(23)13-3-2-4-15(20)5-13/h2-6,12,14,17,19H,7-11H2,1H3/t14-,17-,19+/m1/s1. The van der Waals surface area contributed by atoms with Crippen molar-refractivity contribution in [3.8, 4) is 0 Å². The number of rotatable bonds is 5. The molecule has 4 rings (SSSR count). The minimum absolute atomic E-state index is 0.0230. The molecule has 2 aromatic rings. The summed E-state index contributed by atoms with van der Waals surface area (Å²) < 4.78 is 18.9. The molecule has 5 nitrogen and oxygen atoms in total. The Kier molecular flexibility index (Phi) is 5.02. The molecule has 0 radical (unpaired) electrons. The van der Waals surface area contributed by atoms with Crippen LogP contribution in [0, 0.1) is 17.7 Å². The van der Waals surface area contributed by atoms with Crippen LogP contribution in [0.1, 0.15) is 16.5 Å². The number of hydrogen-bond acceptors (Lipinski definition) is 5. The third kappa shape index (κ3) is 3.39. The molecule has 3 heterocycles. The Morgan fingerprint density at radius 2 is 2.27 bits per heavy atom. The van der Waals surface area contributed by atoms with Crippen molar-refractivity contribution in [2.24, 2.45) is 11.8 Å². The molecule has 138 valence electrons. The first-order chi connectivity index (χ1) is 12.7. The normalized spacial score (nSPS) is 25.6. The van der Waals surface area contributed by atoms with Gasteiger partial charge in [-0.1, -0.05) is 12.1 Å². The van der Waals surface area contributed by atoms with E-state index in [0.29, 0.717) is 18.4 Å². The van der Waals surface area contributed by atoms with E-state index in [-0.39, 0.29) is 24.4 Å². The molecular formula is C19H22FN3O2S. The van der Waals surface area contributed by atoms with Gasteiger partial charge in [0, 0.05) is 50.3 Å². The third-order valence-electron chi connectivity index (χ3n) is 5.38. The number of benzene rings is 1. The number of ether oxygens (including phenoxy) is 1. The Bertz CT molecular complexity index is 770. The first-order valence-electron chi connectivity index (χ1n) is 8.79. The van der Waals surface area contributed by atoms with Gasteiger partial charge in [-0.3, -0.25) is 14.7 Å². The maximum absolute atomic E-state index is 13.8. The van der Waals surface area contributed by atoms with Crippen LogP contribution in [-0.4, -0.2) is 54.0 Å². The minimum atomic E-state index is -0.260. The Hall–Kier alpha value is -1.83. The van der Waals surface area contributed by atoms with Crippen molar-refractivity contribution in [3.63, 3.8) is 0 Å². The number of nitrogens with zero attached hydrogens (tertiary/aromatic N) is 3. The van der Waals surface area contributed by atoms with E-state index in [0.717, 1.165) is 25.2 Å². The molecule has 0 aliphatic carbocycles. The van der Waals surface area contributed by atoms with E-state index in [1.165, 1.54) is 18.1 Å². The zero-order chi connectivity index (χ0) is 18.1. The monoisotopic (exact) mass is 375 g/mol. The zero-order valence-corrected chi connectivity index (χ0v) is 15.5. The summed E-state index contributed by atoms with van der Waals surface area (Å²) in [7, 11) is 1.53. The van der Waals surface area contributed by atoms with Gasteiger partial charge in [0.1, 0.15) is 12.4 Å². The molecule has 3 atom stereocenters. The first-order valence-corrected chi connectivity index (χ1v) is 9.67. The van der Waals surface area contributed by atoms with Gasteiger partial charge >= 0.3 is 0 Å². The molecule has 26 heavy (non-hydrogen) atoms. The highest BCUT2D eigenvalue weighted by Crippen LogP contribution is 2.45. The molecule has 0 saturated carbocycles. The number of aromatic nitrogens is 1. The molecule has 1 aromatic carbocycles. The summed E-state index contributed by atoms with van der Waals surface area (Å²) in [6.45, 7) is 3.51. The lowest BCUT2D eigenvalue weighted by Gasteiger charge is -2.29. The van der Waals surface area contributed by atoms with E-state index in [9.17, 15) is 9.18 Å². The topological polar surface area (TPSA) is 45.7 Å². The van der Waals surface area contributed by atoms with Crippen molar-refractivity contribution in [1.29, 1.82) is 0 Å². The van der Waals surface area contributed by atoms with Crippen LogP contribution < -0.4 is 0 Å². The molecule has 1 amide bonds. The number of methoxy groups -OCH3 is 1. The van der Waals surface area contributed by atoms with Gasteiger partial charge in [-0.05, 0) is 23.6 Å². The summed E-state index contributed by atoms with van der Waals surface area (Å²) >= 11 is 1.67. The Morgan fingerprint density at radius 3 is 3.00 bits per heavy atom. The fraction of sp³-hybridized carbons (Fsp3) is 0.474. The molecular weight excluding hydrogens is 353 g/mol. The second-order valence-electron chi connectivity index (χ2n) is 7.06. The number of amides is 1. The van der Waals surface area contributed by atoms with Gasteiger partial charge in [0.25, 0.3) is 0 Å². The summed E-state index contributed by atoms with van der Waals surface area (Å²) in [5, 5.41) is 0. The van der Waals surface area contributed by atoms with Gasteiger partial charge in [0.05, 0.1) is 11.6 Å². The van der Waals surface area contributed by atoms with Crippen LogP contribution in [-0.2, 0) is 16.1 Å². The van der Waals surface area contributed by atoms with Crippen molar-refractivity contribution in [2.75, 3.05) is 33.4 Å². The predicted molar refractivity (Wildman–Crippen MR) is 97.1 cm³/mol. The SMILES string of the molecule is COCC(=O)N1C[C@H]2CN(Cc3cncs3)C[C@H]2[C@@H]1c1cccc(F)c1. The van der Waals surface area contributed by atoms with E-state index in [2.05, 4.69) is 9.88 Å². The maximum Gasteiger partial charge on any atom is 0.249 e. The molecule has 0 bridgehead atoms. The van der Waals surface area contributed by atoms with Gasteiger partial charge < -0.3 is 9.64 Å². The summed E-state index contributed by atoms with van der Waals surface area (Å²) in [6, 6.07) is 6.56. The third-order valence-corrected chi connectivity index (χ3v) is 6.15. The van der Waals surface area contributed by atoms with Gasteiger partial charge in [-0.2, -0.15) is 0 Å².